The third kappa shape index (κ3) is 3.88. The van der Waals surface area contributed by atoms with Crippen molar-refractivity contribution < 1.29 is 14.1 Å². The molecule has 0 aliphatic rings. The number of carbonyl (C=O) groups excluding carboxylic acids is 1. The quantitative estimate of drug-likeness (QED) is 0.646. The molecular weight excluding hydrogens is 359 g/mol. The van der Waals surface area contributed by atoms with Crippen LogP contribution in [0.1, 0.15) is 6.92 Å². The summed E-state index contributed by atoms with van der Waals surface area (Å²) in [5, 5.41) is 17.2. The Labute approximate surface area is 133 Å². The van der Waals surface area contributed by atoms with Gasteiger partial charge >= 0.3 is 5.69 Å². The predicted molar refractivity (Wildman–Crippen MR) is 80.8 cm³/mol. The first-order valence-corrected chi connectivity index (χ1v) is 7.09. The van der Waals surface area contributed by atoms with Crippen LogP contribution in [0.5, 0.6) is 0 Å². The average Bonchev–Trinajstić information content (AvgIpc) is 2.85. The molecule has 2 aromatic rings. The van der Waals surface area contributed by atoms with E-state index in [1.54, 1.807) is 24.0 Å². The van der Waals surface area contributed by atoms with E-state index in [9.17, 15) is 19.3 Å². The van der Waals surface area contributed by atoms with Crippen molar-refractivity contribution in [3.05, 3.63) is 51.0 Å². The van der Waals surface area contributed by atoms with Gasteiger partial charge in [0.1, 0.15) is 0 Å². The van der Waals surface area contributed by atoms with Gasteiger partial charge in [-0.3, -0.25) is 19.6 Å². The lowest BCUT2D eigenvalue weighted by Gasteiger charge is -2.12. The number of nitrogens with zero attached hydrogens (tertiary/aromatic N) is 3. The van der Waals surface area contributed by atoms with Gasteiger partial charge in [0.25, 0.3) is 0 Å². The summed E-state index contributed by atoms with van der Waals surface area (Å²) in [6.07, 6.45) is 3.33. The summed E-state index contributed by atoms with van der Waals surface area (Å²) in [6, 6.07) is 3.21. The maximum atomic E-state index is 13.2. The molecule has 0 aliphatic heterocycles. The van der Waals surface area contributed by atoms with Crippen molar-refractivity contribution in [2.75, 3.05) is 5.32 Å². The molecule has 7 nitrogen and oxygen atoms in total. The Morgan fingerprint density at radius 1 is 1.59 bits per heavy atom. The van der Waals surface area contributed by atoms with E-state index < -0.39 is 22.3 Å². The molecule has 22 heavy (non-hydrogen) atoms. The largest absolute Gasteiger partial charge is 0.326 e. The van der Waals surface area contributed by atoms with Crippen LogP contribution in [0, 0.1) is 21.8 Å². The van der Waals surface area contributed by atoms with Gasteiger partial charge in [0.2, 0.25) is 11.7 Å². The number of benzene rings is 1. The van der Waals surface area contributed by atoms with E-state index in [1.807, 2.05) is 0 Å². The monoisotopic (exact) mass is 370 g/mol. The zero-order chi connectivity index (χ0) is 16.3. The summed E-state index contributed by atoms with van der Waals surface area (Å²) >= 11 is 3.26. The van der Waals surface area contributed by atoms with Crippen molar-refractivity contribution in [3.63, 3.8) is 0 Å². The smallest absolute Gasteiger partial charge is 0.306 e. The first-order chi connectivity index (χ1) is 10.4. The lowest BCUT2D eigenvalue weighted by molar-refractivity contribution is -0.387. The lowest BCUT2D eigenvalue weighted by atomic mass is 10.1. The summed E-state index contributed by atoms with van der Waals surface area (Å²) in [6.45, 7) is 2.05. The summed E-state index contributed by atoms with van der Waals surface area (Å²) < 4.78 is 15.6. The number of rotatable bonds is 5. The van der Waals surface area contributed by atoms with E-state index in [-0.39, 0.29) is 11.6 Å². The van der Waals surface area contributed by atoms with Gasteiger partial charge in [-0.1, -0.05) is 6.92 Å². The van der Waals surface area contributed by atoms with Gasteiger partial charge in [-0.15, -0.1) is 0 Å². The second-order valence-electron chi connectivity index (χ2n) is 4.69. The van der Waals surface area contributed by atoms with Crippen LogP contribution in [-0.4, -0.2) is 20.6 Å². The van der Waals surface area contributed by atoms with Gasteiger partial charge in [-0.25, -0.2) is 0 Å². The zero-order valence-electron chi connectivity index (χ0n) is 11.5. The topological polar surface area (TPSA) is 90.1 Å². The van der Waals surface area contributed by atoms with Crippen LogP contribution in [0.3, 0.4) is 0 Å². The van der Waals surface area contributed by atoms with Crippen LogP contribution < -0.4 is 5.32 Å². The number of nitrogens with one attached hydrogen (secondary N) is 1. The maximum absolute atomic E-state index is 13.2. The van der Waals surface area contributed by atoms with Crippen molar-refractivity contribution in [3.8, 4) is 0 Å². The second-order valence-corrected chi connectivity index (χ2v) is 5.61. The summed E-state index contributed by atoms with van der Waals surface area (Å²) in [5.74, 6) is -1.71. The molecule has 0 radical (unpaired) electrons. The Kier molecular flexibility index (Phi) is 4.86. The van der Waals surface area contributed by atoms with Crippen LogP contribution >= 0.6 is 15.9 Å². The van der Waals surface area contributed by atoms with Crippen molar-refractivity contribution >= 4 is 33.2 Å². The number of hydrogen-bond donors (Lipinski definition) is 1. The molecule has 9 heteroatoms. The first kappa shape index (κ1) is 16.1. The van der Waals surface area contributed by atoms with E-state index in [1.165, 1.54) is 6.07 Å². The van der Waals surface area contributed by atoms with E-state index in [4.69, 9.17) is 0 Å². The van der Waals surface area contributed by atoms with Gasteiger partial charge < -0.3 is 5.32 Å². The number of anilines is 1. The Hall–Kier alpha value is -2.29. The molecule has 2 rings (SSSR count). The molecule has 0 aliphatic carbocycles. The number of nitro benzene ring substituents is 1. The van der Waals surface area contributed by atoms with Gasteiger partial charge in [-0.2, -0.15) is 9.49 Å². The van der Waals surface area contributed by atoms with E-state index in [2.05, 4.69) is 26.3 Å². The highest BCUT2D eigenvalue weighted by atomic mass is 79.9. The molecule has 0 saturated heterocycles. The van der Waals surface area contributed by atoms with E-state index >= 15 is 0 Å². The van der Waals surface area contributed by atoms with Gasteiger partial charge in [0, 0.05) is 18.0 Å². The number of nitro groups is 1. The summed E-state index contributed by atoms with van der Waals surface area (Å²) in [7, 11) is 0. The Bertz CT molecular complexity index is 719. The molecule has 0 bridgehead atoms. The molecule has 1 aromatic heterocycles. The normalized spacial score (nSPS) is 12.0. The molecule has 0 unspecified atom stereocenters. The van der Waals surface area contributed by atoms with Crippen LogP contribution in [0.2, 0.25) is 0 Å². The Morgan fingerprint density at radius 3 is 2.91 bits per heavy atom. The molecular formula is C13H12BrFN4O3. The fraction of sp³-hybridized carbons (Fsp3) is 0.231. The Morgan fingerprint density at radius 2 is 2.32 bits per heavy atom. The molecule has 0 spiro atoms. The van der Waals surface area contributed by atoms with Gasteiger partial charge in [0.05, 0.1) is 28.1 Å². The van der Waals surface area contributed by atoms with Gasteiger partial charge in [0.15, 0.2) is 0 Å². The van der Waals surface area contributed by atoms with Crippen molar-refractivity contribution in [2.45, 2.75) is 13.5 Å². The fourth-order valence-electron chi connectivity index (χ4n) is 1.80. The van der Waals surface area contributed by atoms with Crippen LogP contribution in [0.25, 0.3) is 0 Å². The van der Waals surface area contributed by atoms with E-state index in [0.717, 1.165) is 16.6 Å². The molecule has 1 heterocycles. The third-order valence-corrected chi connectivity index (χ3v) is 3.33. The minimum atomic E-state index is -0.947. The maximum Gasteiger partial charge on any atom is 0.306 e. The minimum absolute atomic E-state index is 0.173. The molecule has 116 valence electrons. The van der Waals surface area contributed by atoms with Crippen LogP contribution in [0.15, 0.2) is 35.1 Å². The highest BCUT2D eigenvalue weighted by molar-refractivity contribution is 9.10. The molecule has 0 saturated carbocycles. The SMILES string of the molecule is C[C@H](Cn1cc(Br)cn1)C(=O)Nc1ccc(F)c([N+](=O)[O-])c1. The lowest BCUT2D eigenvalue weighted by Crippen LogP contribution is -2.24. The molecule has 1 amide bonds. The number of carbonyl (C=O) groups is 1. The number of halogens is 2. The first-order valence-electron chi connectivity index (χ1n) is 6.29. The zero-order valence-corrected chi connectivity index (χ0v) is 13.1. The minimum Gasteiger partial charge on any atom is -0.326 e. The van der Waals surface area contributed by atoms with Crippen molar-refractivity contribution in [1.29, 1.82) is 0 Å². The number of amides is 1. The predicted octanol–water partition coefficient (Wildman–Crippen LogP) is 2.97. The van der Waals surface area contributed by atoms with E-state index in [0.29, 0.717) is 6.54 Å². The molecule has 1 N–H and O–H groups in total. The second kappa shape index (κ2) is 6.65. The standard InChI is InChI=1S/C13H12BrFN4O3/c1-8(6-18-7-9(14)5-16-18)13(20)17-10-2-3-11(15)12(4-10)19(21)22/h2-5,7-8H,6H2,1H3,(H,17,20)/t8-/m1/s1. The third-order valence-electron chi connectivity index (χ3n) is 2.92. The van der Waals surface area contributed by atoms with Crippen LogP contribution in [-0.2, 0) is 11.3 Å². The molecule has 1 aromatic carbocycles. The Balaban J connectivity index is 2.05. The molecule has 0 fully saturated rings. The molecule has 1 atom stereocenters. The summed E-state index contributed by atoms with van der Waals surface area (Å²) in [5.41, 5.74) is -0.506. The van der Waals surface area contributed by atoms with Crippen molar-refractivity contribution in [1.82, 2.24) is 9.78 Å². The highest BCUT2D eigenvalue weighted by Crippen LogP contribution is 2.22. The van der Waals surface area contributed by atoms with Crippen molar-refractivity contribution in [2.24, 2.45) is 5.92 Å². The van der Waals surface area contributed by atoms with Crippen LogP contribution in [0.4, 0.5) is 15.8 Å². The summed E-state index contributed by atoms with van der Waals surface area (Å²) in [4.78, 5) is 21.9. The van der Waals surface area contributed by atoms with Gasteiger partial charge in [-0.05, 0) is 28.1 Å². The highest BCUT2D eigenvalue weighted by Gasteiger charge is 2.18. The fourth-order valence-corrected chi connectivity index (χ4v) is 2.13. The number of hydrogen-bond acceptors (Lipinski definition) is 4. The number of aromatic nitrogens is 2. The average molecular weight is 371 g/mol.